The highest BCUT2D eigenvalue weighted by molar-refractivity contribution is 5.93. The lowest BCUT2D eigenvalue weighted by atomic mass is 10.0. The number of carbonyl (C=O) groups excluding carboxylic acids is 1. The van der Waals surface area contributed by atoms with Crippen LogP contribution in [0.15, 0.2) is 48.9 Å². The molecule has 1 unspecified atom stereocenters. The Morgan fingerprint density at radius 3 is 2.61 bits per heavy atom. The number of hydrogen-bond donors (Lipinski definition) is 3. The van der Waals surface area contributed by atoms with E-state index in [1.807, 2.05) is 32.0 Å². The topological polar surface area (TPSA) is 133 Å². The molecule has 1 aromatic heterocycles. The van der Waals surface area contributed by atoms with Gasteiger partial charge in [-0.2, -0.15) is 0 Å². The van der Waals surface area contributed by atoms with E-state index in [4.69, 9.17) is 0 Å². The van der Waals surface area contributed by atoms with E-state index < -0.39 is 11.9 Å². The molecule has 1 heterocycles. The van der Waals surface area contributed by atoms with Crippen LogP contribution in [0.2, 0.25) is 0 Å². The molecule has 36 heavy (non-hydrogen) atoms. The van der Waals surface area contributed by atoms with Crippen LogP contribution in [0.5, 0.6) is 0 Å². The van der Waals surface area contributed by atoms with Crippen molar-refractivity contribution < 1.29 is 24.6 Å². The van der Waals surface area contributed by atoms with E-state index in [1.165, 1.54) is 24.2 Å². The monoisotopic (exact) mass is 488 g/mol. The molecule has 3 N–H and O–H groups in total. The zero-order valence-electron chi connectivity index (χ0n) is 20.2. The Bertz CT molecular complexity index is 1320. The van der Waals surface area contributed by atoms with Crippen molar-refractivity contribution in [3.8, 4) is 0 Å². The molecule has 0 spiro atoms. The summed E-state index contributed by atoms with van der Waals surface area (Å²) in [6.45, 7) is 4.29. The quantitative estimate of drug-likeness (QED) is 0.418. The van der Waals surface area contributed by atoms with Gasteiger partial charge >= 0.3 is 11.9 Å². The molecule has 3 aromatic rings. The van der Waals surface area contributed by atoms with Gasteiger partial charge in [-0.15, -0.1) is 0 Å². The Labute approximate surface area is 208 Å². The van der Waals surface area contributed by atoms with Crippen LogP contribution in [0.4, 0.5) is 0 Å². The molecule has 0 radical (unpaired) electrons. The summed E-state index contributed by atoms with van der Waals surface area (Å²) in [5.74, 6) is -2.36. The molecular formula is C27H28N4O5. The summed E-state index contributed by atoms with van der Waals surface area (Å²) in [6.07, 6.45) is 4.13. The molecule has 9 heteroatoms. The van der Waals surface area contributed by atoms with Gasteiger partial charge in [0.15, 0.2) is 0 Å². The first-order valence-corrected chi connectivity index (χ1v) is 11.7. The van der Waals surface area contributed by atoms with Crippen molar-refractivity contribution in [3.63, 3.8) is 0 Å². The molecule has 1 amide bonds. The number of amides is 1. The maximum atomic E-state index is 13.0. The molecule has 2 aromatic carbocycles. The Hall–Kier alpha value is -4.11. The van der Waals surface area contributed by atoms with Crippen LogP contribution >= 0.6 is 0 Å². The van der Waals surface area contributed by atoms with Crippen molar-refractivity contribution in [2.24, 2.45) is 0 Å². The first-order valence-electron chi connectivity index (χ1n) is 11.7. The van der Waals surface area contributed by atoms with Crippen LogP contribution in [0, 0.1) is 13.8 Å². The number of aromatic nitrogens is 2. The van der Waals surface area contributed by atoms with Crippen LogP contribution in [-0.4, -0.2) is 49.5 Å². The number of hydrogen-bond acceptors (Lipinski definition) is 6. The number of nitrogens with one attached hydrogen (secondary N) is 1. The first kappa shape index (κ1) is 25.0. The third kappa shape index (κ3) is 5.58. The number of carbonyl (C=O) groups is 3. The standard InChI is InChI=1S/C27H28N4O5/c1-16-3-4-18(9-17(16)2)11-29-26(34)25-21(12-28-15-30-25)13-31(14-24(32)33)23-8-6-19-10-20(27(35)36)5-7-22(19)23/h3-5,7,9-10,12,15,23H,6,8,11,13-14H2,1-2H3,(H,29,34)(H,32,33)(H,35,36). The van der Waals surface area contributed by atoms with Gasteiger partial charge in [-0.05, 0) is 66.6 Å². The average molecular weight is 489 g/mol. The summed E-state index contributed by atoms with van der Waals surface area (Å²) in [5, 5.41) is 21.8. The van der Waals surface area contributed by atoms with Gasteiger partial charge in [0.2, 0.25) is 0 Å². The van der Waals surface area contributed by atoms with Crippen LogP contribution in [0.1, 0.15) is 66.7 Å². The highest BCUT2D eigenvalue weighted by Gasteiger charge is 2.31. The summed E-state index contributed by atoms with van der Waals surface area (Å²) in [4.78, 5) is 46.1. The van der Waals surface area contributed by atoms with Crippen molar-refractivity contribution in [2.45, 2.75) is 45.8 Å². The highest BCUT2D eigenvalue weighted by atomic mass is 16.4. The number of nitrogens with zero attached hydrogens (tertiary/aromatic N) is 3. The fraction of sp³-hybridized carbons (Fsp3) is 0.296. The first-order chi connectivity index (χ1) is 17.2. The number of fused-ring (bicyclic) bond motifs is 1. The zero-order valence-corrected chi connectivity index (χ0v) is 20.2. The molecule has 1 aliphatic rings. The van der Waals surface area contributed by atoms with Gasteiger partial charge in [-0.1, -0.05) is 24.3 Å². The second-order valence-corrected chi connectivity index (χ2v) is 9.07. The molecule has 1 atom stereocenters. The van der Waals surface area contributed by atoms with Crippen molar-refractivity contribution in [1.29, 1.82) is 0 Å². The van der Waals surface area contributed by atoms with Gasteiger partial charge in [0.05, 0.1) is 12.1 Å². The van der Waals surface area contributed by atoms with Gasteiger partial charge in [0, 0.05) is 30.9 Å². The van der Waals surface area contributed by atoms with Crippen LogP contribution in [0.3, 0.4) is 0 Å². The molecule has 0 bridgehead atoms. The van der Waals surface area contributed by atoms with E-state index in [-0.39, 0.29) is 36.3 Å². The lowest BCUT2D eigenvalue weighted by Crippen LogP contribution is -2.34. The predicted molar refractivity (Wildman–Crippen MR) is 132 cm³/mol. The fourth-order valence-electron chi connectivity index (χ4n) is 4.63. The van der Waals surface area contributed by atoms with Gasteiger partial charge in [-0.25, -0.2) is 14.8 Å². The number of aromatic carboxylic acids is 1. The zero-order chi connectivity index (χ0) is 25.8. The average Bonchev–Trinajstić information content (AvgIpc) is 3.27. The summed E-state index contributed by atoms with van der Waals surface area (Å²) >= 11 is 0. The molecule has 0 fully saturated rings. The third-order valence-corrected chi connectivity index (χ3v) is 6.62. The van der Waals surface area contributed by atoms with Gasteiger partial charge in [0.25, 0.3) is 5.91 Å². The van der Waals surface area contributed by atoms with Crippen molar-refractivity contribution in [3.05, 3.63) is 93.6 Å². The van der Waals surface area contributed by atoms with Crippen molar-refractivity contribution in [1.82, 2.24) is 20.2 Å². The van der Waals surface area contributed by atoms with E-state index in [0.717, 1.165) is 22.3 Å². The van der Waals surface area contributed by atoms with E-state index in [0.29, 0.717) is 24.9 Å². The molecular weight excluding hydrogens is 460 g/mol. The summed E-state index contributed by atoms with van der Waals surface area (Å²) in [6, 6.07) is 10.7. The second kappa shape index (κ2) is 10.7. The van der Waals surface area contributed by atoms with Gasteiger partial charge in [-0.3, -0.25) is 14.5 Å². The minimum Gasteiger partial charge on any atom is -0.480 e. The summed E-state index contributed by atoms with van der Waals surface area (Å²) in [7, 11) is 0. The lowest BCUT2D eigenvalue weighted by Gasteiger charge is -2.28. The van der Waals surface area contributed by atoms with E-state index in [2.05, 4.69) is 15.3 Å². The maximum absolute atomic E-state index is 13.0. The Morgan fingerprint density at radius 1 is 1.08 bits per heavy atom. The Kier molecular flexibility index (Phi) is 7.40. The van der Waals surface area contributed by atoms with Gasteiger partial charge < -0.3 is 15.5 Å². The number of carboxylic acid groups (broad SMARTS) is 2. The second-order valence-electron chi connectivity index (χ2n) is 9.07. The smallest absolute Gasteiger partial charge is 0.335 e. The third-order valence-electron chi connectivity index (χ3n) is 6.62. The summed E-state index contributed by atoms with van der Waals surface area (Å²) < 4.78 is 0. The number of aliphatic carboxylic acids is 1. The Morgan fingerprint density at radius 2 is 1.89 bits per heavy atom. The van der Waals surface area contributed by atoms with Crippen LogP contribution < -0.4 is 5.32 Å². The van der Waals surface area contributed by atoms with Gasteiger partial charge in [0.1, 0.15) is 12.0 Å². The number of benzene rings is 2. The SMILES string of the molecule is Cc1ccc(CNC(=O)c2ncncc2CN(CC(=O)O)C2CCc3cc(C(=O)O)ccc32)cc1C. The van der Waals surface area contributed by atoms with Crippen molar-refractivity contribution >= 4 is 17.8 Å². The summed E-state index contributed by atoms with van der Waals surface area (Å²) in [5.41, 5.74) is 6.01. The molecule has 186 valence electrons. The highest BCUT2D eigenvalue weighted by Crippen LogP contribution is 2.37. The number of aryl methyl sites for hydroxylation is 3. The molecule has 9 nitrogen and oxygen atoms in total. The van der Waals surface area contributed by atoms with Crippen LogP contribution in [0.25, 0.3) is 0 Å². The fourth-order valence-corrected chi connectivity index (χ4v) is 4.63. The normalized spacial score (nSPS) is 14.5. The molecule has 1 aliphatic carbocycles. The van der Waals surface area contributed by atoms with Crippen molar-refractivity contribution in [2.75, 3.05) is 6.54 Å². The number of rotatable bonds is 9. The van der Waals surface area contributed by atoms with E-state index >= 15 is 0 Å². The lowest BCUT2D eigenvalue weighted by molar-refractivity contribution is -0.139. The molecule has 0 saturated heterocycles. The molecule has 0 aliphatic heterocycles. The number of carboxylic acids is 2. The van der Waals surface area contributed by atoms with Crippen LogP contribution in [-0.2, 0) is 24.3 Å². The predicted octanol–water partition coefficient (Wildman–Crippen LogP) is 3.30. The van der Waals surface area contributed by atoms with E-state index in [9.17, 15) is 24.6 Å². The largest absolute Gasteiger partial charge is 0.480 e. The van der Waals surface area contributed by atoms with E-state index in [1.54, 1.807) is 17.0 Å². The molecule has 4 rings (SSSR count). The maximum Gasteiger partial charge on any atom is 0.335 e. The minimum atomic E-state index is -0.999. The molecule has 0 saturated carbocycles. The minimum absolute atomic E-state index is 0.157. The Balaban J connectivity index is 1.54.